The van der Waals surface area contributed by atoms with E-state index in [0.717, 1.165) is 16.9 Å². The van der Waals surface area contributed by atoms with Crippen LogP contribution in [0.5, 0.6) is 0 Å². The van der Waals surface area contributed by atoms with Crippen molar-refractivity contribution in [3.63, 3.8) is 0 Å². The van der Waals surface area contributed by atoms with E-state index in [0.29, 0.717) is 38.6 Å². The number of aromatic nitrogens is 2. The standard InChI is InChI=1S/C18H21N5O3/c24-15(11-5-8-18(9-6-11)16(25)22-17(26)23-18)19-10-7-14-20-12-3-1-2-4-13(12)21-14/h1-4,11H,5-10H2,(H,19,24)(H,20,21)(H2,22,23,25,26). The smallest absolute Gasteiger partial charge is 0.322 e. The number of H-pyrrole nitrogens is 1. The third kappa shape index (κ3) is 3.02. The van der Waals surface area contributed by atoms with Gasteiger partial charge in [-0.05, 0) is 37.8 Å². The first-order valence-electron chi connectivity index (χ1n) is 8.91. The molecule has 2 fully saturated rings. The summed E-state index contributed by atoms with van der Waals surface area (Å²) in [6.45, 7) is 0.511. The number of benzene rings is 1. The maximum Gasteiger partial charge on any atom is 0.322 e. The van der Waals surface area contributed by atoms with E-state index in [4.69, 9.17) is 0 Å². The van der Waals surface area contributed by atoms with Crippen molar-refractivity contribution in [2.45, 2.75) is 37.6 Å². The van der Waals surface area contributed by atoms with Crippen molar-refractivity contribution < 1.29 is 14.4 Å². The number of nitrogens with zero attached hydrogens (tertiary/aromatic N) is 1. The molecule has 4 N–H and O–H groups in total. The van der Waals surface area contributed by atoms with E-state index in [-0.39, 0.29) is 17.7 Å². The van der Waals surface area contributed by atoms with Gasteiger partial charge in [-0.15, -0.1) is 0 Å². The van der Waals surface area contributed by atoms with E-state index in [1.54, 1.807) is 0 Å². The molecule has 0 radical (unpaired) electrons. The monoisotopic (exact) mass is 355 g/mol. The molecule has 8 nitrogen and oxygen atoms in total. The Hall–Kier alpha value is -2.90. The van der Waals surface area contributed by atoms with Crippen molar-refractivity contribution in [1.82, 2.24) is 25.9 Å². The number of hydrogen-bond acceptors (Lipinski definition) is 4. The van der Waals surface area contributed by atoms with Crippen LogP contribution in [0, 0.1) is 5.92 Å². The van der Waals surface area contributed by atoms with Gasteiger partial charge in [0.2, 0.25) is 5.91 Å². The molecule has 1 saturated heterocycles. The molecule has 1 saturated carbocycles. The number of carbonyl (C=O) groups excluding carboxylic acids is 3. The average Bonchev–Trinajstić information content (AvgIpc) is 3.15. The number of imidazole rings is 1. The van der Waals surface area contributed by atoms with Gasteiger partial charge in [-0.2, -0.15) is 0 Å². The zero-order valence-electron chi connectivity index (χ0n) is 14.3. The number of rotatable bonds is 4. The van der Waals surface area contributed by atoms with Crippen LogP contribution in [0.15, 0.2) is 24.3 Å². The molecule has 1 aliphatic heterocycles. The van der Waals surface area contributed by atoms with Crippen LogP contribution in [0.3, 0.4) is 0 Å². The lowest BCUT2D eigenvalue weighted by Crippen LogP contribution is -2.51. The Morgan fingerprint density at radius 3 is 2.69 bits per heavy atom. The molecular formula is C18H21N5O3. The highest BCUT2D eigenvalue weighted by atomic mass is 16.2. The van der Waals surface area contributed by atoms with Gasteiger partial charge in [0.25, 0.3) is 5.91 Å². The Bertz CT molecular complexity index is 834. The second-order valence-electron chi connectivity index (χ2n) is 7.01. The van der Waals surface area contributed by atoms with Crippen molar-refractivity contribution in [3.8, 4) is 0 Å². The molecule has 4 rings (SSSR count). The number of para-hydroxylation sites is 2. The fourth-order valence-corrected chi connectivity index (χ4v) is 3.83. The number of hydrogen-bond donors (Lipinski definition) is 4. The van der Waals surface area contributed by atoms with E-state index in [1.165, 1.54) is 0 Å². The van der Waals surface area contributed by atoms with Gasteiger partial charge in [-0.3, -0.25) is 14.9 Å². The van der Waals surface area contributed by atoms with Crippen molar-refractivity contribution in [1.29, 1.82) is 0 Å². The molecule has 0 atom stereocenters. The van der Waals surface area contributed by atoms with Crippen molar-refractivity contribution in [3.05, 3.63) is 30.1 Å². The lowest BCUT2D eigenvalue weighted by atomic mass is 9.76. The molecule has 1 spiro atoms. The first-order chi connectivity index (χ1) is 12.6. The third-order valence-corrected chi connectivity index (χ3v) is 5.32. The minimum absolute atomic E-state index is 0.000641. The number of aromatic amines is 1. The van der Waals surface area contributed by atoms with E-state index in [2.05, 4.69) is 25.9 Å². The van der Waals surface area contributed by atoms with Crippen LogP contribution in [0.1, 0.15) is 31.5 Å². The van der Waals surface area contributed by atoms with Crippen molar-refractivity contribution in [2.24, 2.45) is 5.92 Å². The molecule has 26 heavy (non-hydrogen) atoms. The van der Waals surface area contributed by atoms with Crippen molar-refractivity contribution >= 4 is 28.9 Å². The van der Waals surface area contributed by atoms with Crippen LogP contribution in [0.4, 0.5) is 4.79 Å². The summed E-state index contributed by atoms with van der Waals surface area (Å²) in [5.74, 6) is 0.452. The van der Waals surface area contributed by atoms with Gasteiger partial charge in [0.1, 0.15) is 11.4 Å². The van der Waals surface area contributed by atoms with E-state index >= 15 is 0 Å². The van der Waals surface area contributed by atoms with Crippen LogP contribution in [-0.2, 0) is 16.0 Å². The molecular weight excluding hydrogens is 334 g/mol. The number of carbonyl (C=O) groups is 3. The summed E-state index contributed by atoms with van der Waals surface area (Å²) in [6.07, 6.45) is 2.79. The van der Waals surface area contributed by atoms with Gasteiger partial charge in [0, 0.05) is 18.9 Å². The van der Waals surface area contributed by atoms with E-state index in [1.807, 2.05) is 24.3 Å². The Morgan fingerprint density at radius 2 is 2.00 bits per heavy atom. The average molecular weight is 355 g/mol. The molecule has 136 valence electrons. The largest absolute Gasteiger partial charge is 0.355 e. The summed E-state index contributed by atoms with van der Waals surface area (Å²) >= 11 is 0. The molecule has 0 bridgehead atoms. The lowest BCUT2D eigenvalue weighted by Gasteiger charge is -2.33. The topological polar surface area (TPSA) is 116 Å². The Morgan fingerprint density at radius 1 is 1.23 bits per heavy atom. The van der Waals surface area contributed by atoms with Crippen LogP contribution in [0.25, 0.3) is 11.0 Å². The number of imide groups is 1. The lowest BCUT2D eigenvalue weighted by molar-refractivity contribution is -0.130. The minimum Gasteiger partial charge on any atom is -0.355 e. The van der Waals surface area contributed by atoms with Crippen LogP contribution in [0.2, 0.25) is 0 Å². The number of amides is 4. The molecule has 1 aliphatic carbocycles. The van der Waals surface area contributed by atoms with Gasteiger partial charge < -0.3 is 15.6 Å². The molecule has 8 heteroatoms. The maximum absolute atomic E-state index is 12.4. The first kappa shape index (κ1) is 16.6. The summed E-state index contributed by atoms with van der Waals surface area (Å²) in [6, 6.07) is 7.37. The Kier molecular flexibility index (Phi) is 4.10. The highest BCUT2D eigenvalue weighted by Gasteiger charge is 2.48. The number of nitrogens with one attached hydrogen (secondary N) is 4. The predicted molar refractivity (Wildman–Crippen MR) is 94.2 cm³/mol. The molecule has 0 unspecified atom stereocenters. The van der Waals surface area contributed by atoms with E-state index in [9.17, 15) is 14.4 Å². The zero-order chi connectivity index (χ0) is 18.1. The summed E-state index contributed by atoms with van der Waals surface area (Å²) in [7, 11) is 0. The molecule has 2 aliphatic rings. The molecule has 1 aromatic heterocycles. The van der Waals surface area contributed by atoms with Crippen LogP contribution < -0.4 is 16.0 Å². The van der Waals surface area contributed by atoms with Crippen LogP contribution >= 0.6 is 0 Å². The number of fused-ring (bicyclic) bond motifs is 1. The SMILES string of the molecule is O=C1NC(=O)C2(CCC(C(=O)NCCc3nc4ccccc4[nH]3)CC2)N1. The van der Waals surface area contributed by atoms with Gasteiger partial charge >= 0.3 is 6.03 Å². The predicted octanol–water partition coefficient (Wildman–Crippen LogP) is 0.990. The van der Waals surface area contributed by atoms with Gasteiger partial charge in [0.15, 0.2) is 0 Å². The summed E-state index contributed by atoms with van der Waals surface area (Å²) in [5, 5.41) is 7.95. The van der Waals surface area contributed by atoms with Gasteiger partial charge in [-0.25, -0.2) is 9.78 Å². The maximum atomic E-state index is 12.4. The minimum atomic E-state index is -0.817. The fraction of sp³-hybridized carbons (Fsp3) is 0.444. The molecule has 4 amide bonds. The van der Waals surface area contributed by atoms with E-state index < -0.39 is 11.6 Å². The highest BCUT2D eigenvalue weighted by Crippen LogP contribution is 2.34. The highest BCUT2D eigenvalue weighted by molar-refractivity contribution is 6.07. The van der Waals surface area contributed by atoms with Crippen molar-refractivity contribution in [2.75, 3.05) is 6.54 Å². The Balaban J connectivity index is 1.27. The second kappa shape index (κ2) is 6.44. The summed E-state index contributed by atoms with van der Waals surface area (Å²) in [5.41, 5.74) is 1.09. The van der Waals surface area contributed by atoms with Gasteiger partial charge in [-0.1, -0.05) is 12.1 Å². The normalized spacial score (nSPS) is 25.3. The molecule has 2 heterocycles. The Labute approximate surface area is 150 Å². The fourth-order valence-electron chi connectivity index (χ4n) is 3.83. The first-order valence-corrected chi connectivity index (χ1v) is 8.91. The number of urea groups is 1. The second-order valence-corrected chi connectivity index (χ2v) is 7.01. The third-order valence-electron chi connectivity index (χ3n) is 5.32. The van der Waals surface area contributed by atoms with Gasteiger partial charge in [0.05, 0.1) is 11.0 Å². The summed E-state index contributed by atoms with van der Waals surface area (Å²) in [4.78, 5) is 43.4. The quantitative estimate of drug-likeness (QED) is 0.612. The summed E-state index contributed by atoms with van der Waals surface area (Å²) < 4.78 is 0. The molecule has 1 aromatic carbocycles. The van der Waals surface area contributed by atoms with Crippen LogP contribution in [-0.4, -0.2) is 39.9 Å². The molecule has 2 aromatic rings. The zero-order valence-corrected chi connectivity index (χ0v) is 14.3.